The van der Waals surface area contributed by atoms with Crippen LogP contribution in [-0.2, 0) is 13.0 Å². The molecule has 0 fully saturated rings. The molecule has 2 nitrogen and oxygen atoms in total. The monoisotopic (exact) mass is 204 g/mol. The highest BCUT2D eigenvalue weighted by molar-refractivity contribution is 5.55. The first-order valence-electron chi connectivity index (χ1n) is 5.75. The number of benzene rings is 1. The van der Waals surface area contributed by atoms with Crippen molar-refractivity contribution in [2.45, 2.75) is 32.9 Å². The molecule has 1 aliphatic rings. The van der Waals surface area contributed by atoms with Crippen LogP contribution in [0.5, 0.6) is 0 Å². The van der Waals surface area contributed by atoms with E-state index in [1.165, 1.54) is 29.8 Å². The summed E-state index contributed by atoms with van der Waals surface area (Å²) >= 11 is 0. The lowest BCUT2D eigenvalue weighted by Gasteiger charge is -2.32. The van der Waals surface area contributed by atoms with Crippen molar-refractivity contribution in [2.75, 3.05) is 18.9 Å². The zero-order valence-corrected chi connectivity index (χ0v) is 9.88. The summed E-state index contributed by atoms with van der Waals surface area (Å²) in [7, 11) is 2.00. The van der Waals surface area contributed by atoms with Crippen LogP contribution in [0, 0.1) is 0 Å². The first-order chi connectivity index (χ1) is 7.22. The summed E-state index contributed by atoms with van der Waals surface area (Å²) in [6, 6.07) is 7.22. The number of fused-ring (bicyclic) bond motifs is 1. The minimum Gasteiger partial charge on any atom is -0.388 e. The van der Waals surface area contributed by atoms with E-state index < -0.39 is 0 Å². The fourth-order valence-corrected chi connectivity index (χ4v) is 2.31. The van der Waals surface area contributed by atoms with Crippen molar-refractivity contribution < 1.29 is 0 Å². The molecule has 0 aliphatic carbocycles. The van der Waals surface area contributed by atoms with Crippen LogP contribution in [-0.4, -0.2) is 24.5 Å². The molecule has 2 rings (SSSR count). The van der Waals surface area contributed by atoms with Gasteiger partial charge in [-0.15, -0.1) is 0 Å². The highest BCUT2D eigenvalue weighted by Crippen LogP contribution is 2.26. The summed E-state index contributed by atoms with van der Waals surface area (Å²) in [5.74, 6) is 0. The largest absolute Gasteiger partial charge is 0.388 e. The van der Waals surface area contributed by atoms with Crippen molar-refractivity contribution >= 4 is 5.69 Å². The van der Waals surface area contributed by atoms with E-state index >= 15 is 0 Å². The second-order valence-electron chi connectivity index (χ2n) is 4.51. The Kier molecular flexibility index (Phi) is 2.96. The van der Waals surface area contributed by atoms with Crippen molar-refractivity contribution in [2.24, 2.45) is 0 Å². The summed E-state index contributed by atoms with van der Waals surface area (Å²) < 4.78 is 0. The second kappa shape index (κ2) is 4.23. The van der Waals surface area contributed by atoms with Crippen LogP contribution >= 0.6 is 0 Å². The lowest BCUT2D eigenvalue weighted by molar-refractivity contribution is 0.203. The molecule has 0 unspecified atom stereocenters. The van der Waals surface area contributed by atoms with Crippen LogP contribution in [0.15, 0.2) is 18.2 Å². The molecule has 15 heavy (non-hydrogen) atoms. The van der Waals surface area contributed by atoms with E-state index in [0.717, 1.165) is 6.54 Å². The van der Waals surface area contributed by atoms with Crippen molar-refractivity contribution in [1.82, 2.24) is 4.90 Å². The maximum absolute atomic E-state index is 3.28. The average molecular weight is 204 g/mol. The first-order valence-corrected chi connectivity index (χ1v) is 5.75. The Morgan fingerprint density at radius 2 is 2.13 bits per heavy atom. The number of rotatable bonds is 2. The minimum absolute atomic E-state index is 0.649. The smallest absolute Gasteiger partial charge is 0.0373 e. The highest BCUT2D eigenvalue weighted by atomic mass is 15.1. The van der Waals surface area contributed by atoms with Gasteiger partial charge in [-0.2, -0.15) is 0 Å². The standard InChI is InChI=1S/C13H20N2/c1-10(2)15-8-7-12-11(9-15)5-4-6-13(12)14-3/h4-6,10,14H,7-9H2,1-3H3. The van der Waals surface area contributed by atoms with E-state index in [-0.39, 0.29) is 0 Å². The van der Waals surface area contributed by atoms with Crippen LogP contribution in [0.25, 0.3) is 0 Å². The zero-order chi connectivity index (χ0) is 10.8. The van der Waals surface area contributed by atoms with Gasteiger partial charge in [0.2, 0.25) is 0 Å². The van der Waals surface area contributed by atoms with Crippen LogP contribution in [0.1, 0.15) is 25.0 Å². The fraction of sp³-hybridized carbons (Fsp3) is 0.538. The third-order valence-corrected chi connectivity index (χ3v) is 3.30. The molecule has 1 aromatic carbocycles. The molecular formula is C13H20N2. The zero-order valence-electron chi connectivity index (χ0n) is 9.88. The van der Waals surface area contributed by atoms with Gasteiger partial charge in [0.05, 0.1) is 0 Å². The van der Waals surface area contributed by atoms with Crippen LogP contribution in [0.3, 0.4) is 0 Å². The maximum Gasteiger partial charge on any atom is 0.0373 e. The van der Waals surface area contributed by atoms with Crippen molar-refractivity contribution in [3.63, 3.8) is 0 Å². The van der Waals surface area contributed by atoms with Gasteiger partial charge in [-0.1, -0.05) is 12.1 Å². The van der Waals surface area contributed by atoms with Gasteiger partial charge in [-0.25, -0.2) is 0 Å². The molecule has 1 N–H and O–H groups in total. The molecule has 2 heteroatoms. The van der Waals surface area contributed by atoms with E-state index in [1.54, 1.807) is 0 Å². The molecule has 0 bridgehead atoms. The highest BCUT2D eigenvalue weighted by Gasteiger charge is 2.19. The molecule has 0 aromatic heterocycles. The predicted molar refractivity (Wildman–Crippen MR) is 65.2 cm³/mol. The number of hydrogen-bond donors (Lipinski definition) is 1. The Morgan fingerprint density at radius 3 is 2.80 bits per heavy atom. The lowest BCUT2D eigenvalue weighted by atomic mass is 9.97. The SMILES string of the molecule is CNc1cccc2c1CCN(C(C)C)C2. The van der Waals surface area contributed by atoms with Crippen LogP contribution in [0.4, 0.5) is 5.69 Å². The molecule has 0 saturated heterocycles. The summed E-state index contributed by atoms with van der Waals surface area (Å²) in [5.41, 5.74) is 4.30. The van der Waals surface area contributed by atoms with Gasteiger partial charge in [0.1, 0.15) is 0 Å². The van der Waals surface area contributed by atoms with Gasteiger partial charge in [-0.3, -0.25) is 4.90 Å². The quantitative estimate of drug-likeness (QED) is 0.796. The number of nitrogens with one attached hydrogen (secondary N) is 1. The summed E-state index contributed by atoms with van der Waals surface area (Å²) in [6.07, 6.45) is 1.17. The molecular weight excluding hydrogens is 184 g/mol. The average Bonchev–Trinajstić information content (AvgIpc) is 2.27. The third kappa shape index (κ3) is 2.00. The molecule has 1 heterocycles. The summed E-state index contributed by atoms with van der Waals surface area (Å²) in [6.45, 7) is 6.83. The molecule has 0 spiro atoms. The lowest BCUT2D eigenvalue weighted by Crippen LogP contribution is -2.36. The summed E-state index contributed by atoms with van der Waals surface area (Å²) in [5, 5.41) is 3.28. The second-order valence-corrected chi connectivity index (χ2v) is 4.51. The molecule has 1 aromatic rings. The number of nitrogens with zero attached hydrogens (tertiary/aromatic N) is 1. The van der Waals surface area contributed by atoms with E-state index in [1.807, 2.05) is 7.05 Å². The Morgan fingerprint density at radius 1 is 1.33 bits per heavy atom. The van der Waals surface area contributed by atoms with Gasteiger partial charge in [0, 0.05) is 31.9 Å². The Bertz CT molecular complexity index is 344. The van der Waals surface area contributed by atoms with E-state index in [4.69, 9.17) is 0 Å². The summed E-state index contributed by atoms with van der Waals surface area (Å²) in [4.78, 5) is 2.53. The van der Waals surface area contributed by atoms with Crippen molar-refractivity contribution in [1.29, 1.82) is 0 Å². The Labute approximate surface area is 92.3 Å². The van der Waals surface area contributed by atoms with Crippen molar-refractivity contribution in [3.05, 3.63) is 29.3 Å². The number of hydrogen-bond acceptors (Lipinski definition) is 2. The predicted octanol–water partition coefficient (Wildman–Crippen LogP) is 2.49. The van der Waals surface area contributed by atoms with Gasteiger partial charge in [-0.05, 0) is 37.5 Å². The normalized spacial score (nSPS) is 16.5. The van der Waals surface area contributed by atoms with Gasteiger partial charge in [0.25, 0.3) is 0 Å². The topological polar surface area (TPSA) is 15.3 Å². The molecule has 82 valence electrons. The molecule has 0 amide bonds. The first kappa shape index (κ1) is 10.5. The van der Waals surface area contributed by atoms with Crippen molar-refractivity contribution in [3.8, 4) is 0 Å². The molecule has 1 aliphatic heterocycles. The Balaban J connectivity index is 2.27. The molecule has 0 radical (unpaired) electrons. The van der Waals surface area contributed by atoms with E-state index in [2.05, 4.69) is 42.3 Å². The number of anilines is 1. The van der Waals surface area contributed by atoms with Gasteiger partial charge < -0.3 is 5.32 Å². The van der Waals surface area contributed by atoms with E-state index in [0.29, 0.717) is 6.04 Å². The molecule has 0 saturated carbocycles. The molecule has 0 atom stereocenters. The maximum atomic E-state index is 3.28. The van der Waals surface area contributed by atoms with Gasteiger partial charge in [0.15, 0.2) is 0 Å². The van der Waals surface area contributed by atoms with E-state index in [9.17, 15) is 0 Å². The van der Waals surface area contributed by atoms with Crippen LogP contribution < -0.4 is 5.32 Å². The van der Waals surface area contributed by atoms with Crippen LogP contribution in [0.2, 0.25) is 0 Å². The minimum atomic E-state index is 0.649. The van der Waals surface area contributed by atoms with Gasteiger partial charge >= 0.3 is 0 Å². The fourth-order valence-electron chi connectivity index (χ4n) is 2.31. The Hall–Kier alpha value is -1.02. The third-order valence-electron chi connectivity index (χ3n) is 3.30.